The van der Waals surface area contributed by atoms with Crippen LogP contribution >= 0.6 is 0 Å². The van der Waals surface area contributed by atoms with Crippen LogP contribution in [0.1, 0.15) is 56.2 Å². The number of nitrogens with zero attached hydrogens (tertiary/aromatic N) is 1. The number of benzene rings is 1. The molecule has 0 radical (unpaired) electrons. The number of amides is 1. The third-order valence-electron chi connectivity index (χ3n) is 3.69. The van der Waals surface area contributed by atoms with Crippen molar-refractivity contribution < 1.29 is 9.53 Å². The molecular weight excluding hydrogens is 238 g/mol. The number of carbonyl (C=O) groups is 1. The Hall–Kier alpha value is -1.51. The summed E-state index contributed by atoms with van der Waals surface area (Å²) in [7, 11) is 0. The van der Waals surface area contributed by atoms with Gasteiger partial charge in [0.1, 0.15) is 5.60 Å². The standard InChI is InChI=1S/C16H21NO2/c1-16(2,3)19-15(18)17-9-12-5-4-6-13(11-7-8-11)14(12)10-17/h4-6,11H,7-10H2,1-3H3. The molecule has 1 saturated carbocycles. The van der Waals surface area contributed by atoms with Crippen LogP contribution in [-0.2, 0) is 17.8 Å². The lowest BCUT2D eigenvalue weighted by molar-refractivity contribution is 0.0241. The van der Waals surface area contributed by atoms with Crippen molar-refractivity contribution in [2.45, 2.75) is 58.2 Å². The normalized spacial score (nSPS) is 18.4. The molecule has 0 aromatic heterocycles. The molecule has 1 heterocycles. The van der Waals surface area contributed by atoms with E-state index in [2.05, 4.69) is 18.2 Å². The first kappa shape index (κ1) is 12.5. The predicted octanol–water partition coefficient (Wildman–Crippen LogP) is 3.81. The number of hydrogen-bond donors (Lipinski definition) is 0. The van der Waals surface area contributed by atoms with Gasteiger partial charge in [-0.25, -0.2) is 4.79 Å². The average molecular weight is 259 g/mol. The minimum absolute atomic E-state index is 0.203. The number of fused-ring (bicyclic) bond motifs is 1. The van der Waals surface area contributed by atoms with Crippen LogP contribution in [0, 0.1) is 0 Å². The Kier molecular flexibility index (Phi) is 2.80. The second-order valence-corrected chi connectivity index (χ2v) is 6.60. The van der Waals surface area contributed by atoms with Crippen molar-refractivity contribution in [2.75, 3.05) is 0 Å². The molecule has 0 N–H and O–H groups in total. The van der Waals surface area contributed by atoms with Crippen molar-refractivity contribution in [3.8, 4) is 0 Å². The molecule has 3 rings (SSSR count). The summed E-state index contributed by atoms with van der Waals surface area (Å²) in [6.07, 6.45) is 2.39. The first-order chi connectivity index (χ1) is 8.94. The summed E-state index contributed by atoms with van der Waals surface area (Å²) in [6, 6.07) is 6.46. The van der Waals surface area contributed by atoms with Gasteiger partial charge in [0.2, 0.25) is 0 Å². The van der Waals surface area contributed by atoms with E-state index in [1.807, 2.05) is 25.7 Å². The van der Waals surface area contributed by atoms with E-state index in [4.69, 9.17) is 4.74 Å². The molecule has 0 bridgehead atoms. The van der Waals surface area contributed by atoms with Crippen LogP contribution in [0.4, 0.5) is 4.79 Å². The van der Waals surface area contributed by atoms with Gasteiger partial charge in [-0.2, -0.15) is 0 Å². The fourth-order valence-electron chi connectivity index (χ4n) is 2.68. The van der Waals surface area contributed by atoms with Crippen LogP contribution in [0.5, 0.6) is 0 Å². The van der Waals surface area contributed by atoms with E-state index in [9.17, 15) is 4.79 Å². The molecule has 1 amide bonds. The second-order valence-electron chi connectivity index (χ2n) is 6.60. The van der Waals surface area contributed by atoms with E-state index in [1.54, 1.807) is 0 Å². The van der Waals surface area contributed by atoms with Crippen LogP contribution in [0.3, 0.4) is 0 Å². The highest BCUT2D eigenvalue weighted by atomic mass is 16.6. The van der Waals surface area contributed by atoms with Crippen molar-refractivity contribution in [3.63, 3.8) is 0 Å². The molecule has 19 heavy (non-hydrogen) atoms. The van der Waals surface area contributed by atoms with Crippen molar-refractivity contribution >= 4 is 6.09 Å². The monoisotopic (exact) mass is 259 g/mol. The Morgan fingerprint density at radius 3 is 2.63 bits per heavy atom. The maximum absolute atomic E-state index is 12.1. The van der Waals surface area contributed by atoms with Crippen molar-refractivity contribution in [1.29, 1.82) is 0 Å². The number of rotatable bonds is 1. The van der Waals surface area contributed by atoms with Gasteiger partial charge >= 0.3 is 6.09 Å². The lowest BCUT2D eigenvalue weighted by atomic mass is 10.0. The molecule has 0 atom stereocenters. The summed E-state index contributed by atoms with van der Waals surface area (Å²) in [6.45, 7) is 7.11. The molecule has 0 spiro atoms. The van der Waals surface area contributed by atoms with Crippen LogP contribution in [0.2, 0.25) is 0 Å². The molecule has 1 aliphatic heterocycles. The highest BCUT2D eigenvalue weighted by Gasteiger charge is 2.33. The molecule has 1 fully saturated rings. The van der Waals surface area contributed by atoms with E-state index in [0.29, 0.717) is 13.1 Å². The zero-order valence-electron chi connectivity index (χ0n) is 11.9. The molecule has 0 saturated heterocycles. The fraction of sp³-hybridized carbons (Fsp3) is 0.562. The zero-order valence-corrected chi connectivity index (χ0v) is 11.9. The summed E-state index contributed by atoms with van der Waals surface area (Å²) < 4.78 is 5.46. The van der Waals surface area contributed by atoms with Crippen LogP contribution in [0.25, 0.3) is 0 Å². The van der Waals surface area contributed by atoms with Gasteiger partial charge in [0, 0.05) is 13.1 Å². The van der Waals surface area contributed by atoms with Gasteiger partial charge in [0.25, 0.3) is 0 Å². The van der Waals surface area contributed by atoms with Gasteiger partial charge < -0.3 is 4.74 Å². The molecule has 3 nitrogen and oxygen atoms in total. The van der Waals surface area contributed by atoms with E-state index in [-0.39, 0.29) is 6.09 Å². The topological polar surface area (TPSA) is 29.5 Å². The Morgan fingerprint density at radius 2 is 2.00 bits per heavy atom. The second kappa shape index (κ2) is 4.26. The Bertz CT molecular complexity index is 512. The van der Waals surface area contributed by atoms with Gasteiger partial charge in [-0.3, -0.25) is 4.90 Å². The number of carbonyl (C=O) groups excluding carboxylic acids is 1. The first-order valence-corrected chi connectivity index (χ1v) is 7.02. The first-order valence-electron chi connectivity index (χ1n) is 7.02. The van der Waals surface area contributed by atoms with Crippen molar-refractivity contribution in [1.82, 2.24) is 4.90 Å². The van der Waals surface area contributed by atoms with Crippen molar-refractivity contribution in [3.05, 3.63) is 34.9 Å². The summed E-state index contributed by atoms with van der Waals surface area (Å²) in [5.74, 6) is 0.730. The van der Waals surface area contributed by atoms with Gasteiger partial charge in [0.05, 0.1) is 0 Å². The maximum atomic E-state index is 12.1. The average Bonchev–Trinajstić information content (AvgIpc) is 3.04. The smallest absolute Gasteiger partial charge is 0.410 e. The predicted molar refractivity (Wildman–Crippen MR) is 73.9 cm³/mol. The molecule has 1 aliphatic carbocycles. The highest BCUT2D eigenvalue weighted by molar-refractivity contribution is 5.69. The summed E-state index contributed by atoms with van der Waals surface area (Å²) in [4.78, 5) is 13.9. The van der Waals surface area contributed by atoms with E-state index < -0.39 is 5.60 Å². The quantitative estimate of drug-likeness (QED) is 0.767. The molecule has 1 aromatic carbocycles. The zero-order chi connectivity index (χ0) is 13.6. The van der Waals surface area contributed by atoms with E-state index in [0.717, 1.165) is 5.92 Å². The molecule has 0 unspecified atom stereocenters. The Balaban J connectivity index is 1.77. The number of hydrogen-bond acceptors (Lipinski definition) is 2. The third kappa shape index (κ3) is 2.60. The number of ether oxygens (including phenoxy) is 1. The highest BCUT2D eigenvalue weighted by Crippen LogP contribution is 2.44. The summed E-state index contributed by atoms with van der Waals surface area (Å²) in [5.41, 5.74) is 3.67. The van der Waals surface area contributed by atoms with Crippen LogP contribution < -0.4 is 0 Å². The van der Waals surface area contributed by atoms with Crippen LogP contribution in [0.15, 0.2) is 18.2 Å². The fourth-order valence-corrected chi connectivity index (χ4v) is 2.68. The third-order valence-corrected chi connectivity index (χ3v) is 3.69. The van der Waals surface area contributed by atoms with E-state index in [1.165, 1.54) is 29.5 Å². The molecule has 102 valence electrons. The Labute approximate surface area is 114 Å². The minimum atomic E-state index is -0.425. The maximum Gasteiger partial charge on any atom is 0.410 e. The Morgan fingerprint density at radius 1 is 1.26 bits per heavy atom. The summed E-state index contributed by atoms with van der Waals surface area (Å²) >= 11 is 0. The van der Waals surface area contributed by atoms with Gasteiger partial charge in [-0.1, -0.05) is 18.2 Å². The molecule has 3 heteroatoms. The molecule has 2 aliphatic rings. The SMILES string of the molecule is CC(C)(C)OC(=O)N1Cc2cccc(C3CC3)c2C1. The van der Waals surface area contributed by atoms with Gasteiger partial charge in [-0.05, 0) is 56.2 Å². The van der Waals surface area contributed by atoms with Gasteiger partial charge in [0.15, 0.2) is 0 Å². The van der Waals surface area contributed by atoms with Crippen LogP contribution in [-0.4, -0.2) is 16.6 Å². The largest absolute Gasteiger partial charge is 0.444 e. The minimum Gasteiger partial charge on any atom is -0.444 e. The van der Waals surface area contributed by atoms with Crippen molar-refractivity contribution in [2.24, 2.45) is 0 Å². The molecule has 1 aromatic rings. The van der Waals surface area contributed by atoms with E-state index >= 15 is 0 Å². The molecular formula is C16H21NO2. The van der Waals surface area contributed by atoms with Gasteiger partial charge in [-0.15, -0.1) is 0 Å². The summed E-state index contributed by atoms with van der Waals surface area (Å²) in [5, 5.41) is 0. The lowest BCUT2D eigenvalue weighted by Gasteiger charge is -2.24. The lowest BCUT2D eigenvalue weighted by Crippen LogP contribution is -2.33.